The van der Waals surface area contributed by atoms with Gasteiger partial charge in [-0.1, -0.05) is 47.5 Å². The first kappa shape index (κ1) is 32.4. The molecular formula is C34H32Cl2N2O6S. The lowest BCUT2D eigenvalue weighted by Gasteiger charge is -2.19. The largest absolute Gasteiger partial charge is 0.514 e. The van der Waals surface area contributed by atoms with Gasteiger partial charge in [-0.05, 0) is 67.6 Å². The number of thiophene rings is 1. The molecule has 0 N–H and O–H groups in total. The number of hydrogen-bond donors (Lipinski definition) is 0. The molecule has 0 aliphatic heterocycles. The highest BCUT2D eigenvalue weighted by Crippen LogP contribution is 2.40. The number of nitrogens with zero attached hydrogens (tertiary/aromatic N) is 2. The SMILES string of the molecule is CCOC(=O)Oc1cn(Cc2ccccc2OC)c2sc(-c3ccc(OC)cc3)c(CN(C)Cc3c(Cl)cccc3Cl)c2c1=O. The Morgan fingerprint density at radius 1 is 0.889 bits per heavy atom. The number of halogens is 2. The fourth-order valence-electron chi connectivity index (χ4n) is 5.12. The molecule has 2 heterocycles. The van der Waals surface area contributed by atoms with Crippen molar-refractivity contribution in [3.05, 3.63) is 110 Å². The number of pyridine rings is 1. The molecule has 0 unspecified atom stereocenters. The van der Waals surface area contributed by atoms with Gasteiger partial charge in [0.25, 0.3) is 0 Å². The van der Waals surface area contributed by atoms with E-state index in [9.17, 15) is 9.59 Å². The highest BCUT2D eigenvalue weighted by atomic mass is 35.5. The topological polar surface area (TPSA) is 79.2 Å². The van der Waals surface area contributed by atoms with Gasteiger partial charge in [0.2, 0.25) is 5.43 Å². The van der Waals surface area contributed by atoms with Gasteiger partial charge in [-0.3, -0.25) is 9.69 Å². The van der Waals surface area contributed by atoms with Gasteiger partial charge in [0.1, 0.15) is 16.3 Å². The molecule has 0 fully saturated rings. The Balaban J connectivity index is 1.72. The fourth-order valence-corrected chi connectivity index (χ4v) is 6.93. The fraction of sp³-hybridized carbons (Fsp3) is 0.235. The highest BCUT2D eigenvalue weighted by Gasteiger charge is 2.25. The first-order chi connectivity index (χ1) is 21.7. The molecule has 0 atom stereocenters. The first-order valence-corrected chi connectivity index (χ1v) is 15.7. The average Bonchev–Trinajstić information content (AvgIpc) is 3.41. The number of carbonyl (C=O) groups is 1. The van der Waals surface area contributed by atoms with Crippen LogP contribution in [0.4, 0.5) is 4.79 Å². The van der Waals surface area contributed by atoms with Crippen molar-refractivity contribution in [3.8, 4) is 27.7 Å². The summed E-state index contributed by atoms with van der Waals surface area (Å²) in [5.41, 5.74) is 2.95. The van der Waals surface area contributed by atoms with E-state index in [2.05, 4.69) is 0 Å². The number of fused-ring (bicyclic) bond motifs is 1. The number of benzene rings is 3. The summed E-state index contributed by atoms with van der Waals surface area (Å²) in [4.78, 5) is 30.3. The van der Waals surface area contributed by atoms with Gasteiger partial charge in [-0.25, -0.2) is 4.79 Å². The van der Waals surface area contributed by atoms with Crippen LogP contribution >= 0.6 is 34.5 Å². The summed E-state index contributed by atoms with van der Waals surface area (Å²) in [6, 6.07) is 20.7. The lowest BCUT2D eigenvalue weighted by molar-refractivity contribution is 0.104. The summed E-state index contributed by atoms with van der Waals surface area (Å²) in [5.74, 6) is 1.28. The summed E-state index contributed by atoms with van der Waals surface area (Å²) < 4.78 is 23.4. The minimum Gasteiger partial charge on any atom is -0.497 e. The van der Waals surface area contributed by atoms with Gasteiger partial charge in [0.05, 0.1) is 39.0 Å². The molecule has 2 aromatic heterocycles. The molecule has 0 radical (unpaired) electrons. The molecule has 3 aromatic carbocycles. The van der Waals surface area contributed by atoms with Crippen molar-refractivity contribution in [1.29, 1.82) is 0 Å². The standard InChI is InChI=1S/C34H32Cl2N2O6S/c1-5-43-34(40)44-29-20-38(17-22-9-6-7-12-28(22)42-4)33-30(31(29)39)25(32(45-33)21-13-15-23(41-3)16-14-21)19-37(2)18-24-26(35)10-8-11-27(24)36/h6-16,20H,5,17-19H2,1-4H3. The number of hydrogen-bond acceptors (Lipinski definition) is 8. The monoisotopic (exact) mass is 666 g/mol. The van der Waals surface area contributed by atoms with Crippen molar-refractivity contribution in [2.45, 2.75) is 26.6 Å². The zero-order chi connectivity index (χ0) is 32.1. The van der Waals surface area contributed by atoms with E-state index in [1.54, 1.807) is 45.5 Å². The van der Waals surface area contributed by atoms with Crippen molar-refractivity contribution < 1.29 is 23.7 Å². The van der Waals surface area contributed by atoms with Gasteiger partial charge in [0, 0.05) is 39.1 Å². The zero-order valence-electron chi connectivity index (χ0n) is 25.3. The number of ether oxygens (including phenoxy) is 4. The second-order valence-corrected chi connectivity index (χ2v) is 12.1. The van der Waals surface area contributed by atoms with Crippen LogP contribution in [0.15, 0.2) is 77.7 Å². The smallest absolute Gasteiger partial charge is 0.497 e. The van der Waals surface area contributed by atoms with Crippen LogP contribution in [-0.4, -0.2) is 43.5 Å². The number of para-hydroxylation sites is 1. The molecule has 5 aromatic rings. The third kappa shape index (κ3) is 7.12. The van der Waals surface area contributed by atoms with Crippen LogP contribution < -0.4 is 19.6 Å². The summed E-state index contributed by atoms with van der Waals surface area (Å²) in [6.07, 6.45) is 0.606. The maximum Gasteiger partial charge on any atom is 0.514 e. The first-order valence-electron chi connectivity index (χ1n) is 14.1. The molecule has 0 aliphatic rings. The second-order valence-electron chi connectivity index (χ2n) is 10.2. The Kier molecular flexibility index (Phi) is 10.4. The Morgan fingerprint density at radius 3 is 2.24 bits per heavy atom. The molecule has 8 nitrogen and oxygen atoms in total. The van der Waals surface area contributed by atoms with Crippen molar-refractivity contribution in [2.75, 3.05) is 27.9 Å². The third-order valence-corrected chi connectivity index (χ3v) is 9.26. The van der Waals surface area contributed by atoms with E-state index in [-0.39, 0.29) is 12.4 Å². The zero-order valence-corrected chi connectivity index (χ0v) is 27.6. The van der Waals surface area contributed by atoms with Gasteiger partial charge in [-0.2, -0.15) is 0 Å². The minimum absolute atomic E-state index is 0.108. The van der Waals surface area contributed by atoms with Crippen LogP contribution in [0.2, 0.25) is 10.0 Å². The molecule has 5 rings (SSSR count). The maximum absolute atomic E-state index is 14.2. The molecule has 45 heavy (non-hydrogen) atoms. The van der Waals surface area contributed by atoms with E-state index in [0.717, 1.165) is 27.1 Å². The summed E-state index contributed by atoms with van der Waals surface area (Å²) in [5, 5.41) is 1.56. The van der Waals surface area contributed by atoms with Gasteiger partial charge in [0.15, 0.2) is 5.75 Å². The number of aromatic nitrogens is 1. The summed E-state index contributed by atoms with van der Waals surface area (Å²) in [7, 11) is 5.17. The van der Waals surface area contributed by atoms with E-state index < -0.39 is 11.6 Å². The van der Waals surface area contributed by atoms with E-state index in [4.69, 9.17) is 42.1 Å². The number of rotatable bonds is 11. The molecule has 0 saturated heterocycles. The average molecular weight is 668 g/mol. The Bertz CT molecular complexity index is 1870. The summed E-state index contributed by atoms with van der Waals surface area (Å²) >= 11 is 14.5. The predicted molar refractivity (Wildman–Crippen MR) is 179 cm³/mol. The lowest BCUT2D eigenvalue weighted by Crippen LogP contribution is -2.21. The molecule has 0 aliphatic carbocycles. The molecule has 234 valence electrons. The predicted octanol–water partition coefficient (Wildman–Crippen LogP) is 8.27. The van der Waals surface area contributed by atoms with Crippen LogP contribution in [0.25, 0.3) is 20.7 Å². The molecule has 0 bridgehead atoms. The van der Waals surface area contributed by atoms with Crippen LogP contribution in [-0.2, 0) is 24.4 Å². The Morgan fingerprint density at radius 2 is 1.58 bits per heavy atom. The van der Waals surface area contributed by atoms with Crippen LogP contribution in [0.1, 0.15) is 23.6 Å². The molecule has 0 spiro atoms. The van der Waals surface area contributed by atoms with Crippen LogP contribution in [0, 0.1) is 0 Å². The quantitative estimate of drug-likeness (QED) is 0.131. The van der Waals surface area contributed by atoms with E-state index in [1.165, 1.54) is 11.3 Å². The van der Waals surface area contributed by atoms with Crippen molar-refractivity contribution in [2.24, 2.45) is 0 Å². The van der Waals surface area contributed by atoms with Crippen molar-refractivity contribution >= 4 is 50.9 Å². The van der Waals surface area contributed by atoms with Crippen molar-refractivity contribution in [3.63, 3.8) is 0 Å². The molecular weight excluding hydrogens is 635 g/mol. The number of carbonyl (C=O) groups excluding carboxylic acids is 1. The maximum atomic E-state index is 14.2. The van der Waals surface area contributed by atoms with Gasteiger partial charge >= 0.3 is 6.16 Å². The molecule has 0 amide bonds. The van der Waals surface area contributed by atoms with Gasteiger partial charge in [-0.15, -0.1) is 11.3 Å². The van der Waals surface area contributed by atoms with E-state index in [0.29, 0.717) is 51.4 Å². The third-order valence-electron chi connectivity index (χ3n) is 7.23. The van der Waals surface area contributed by atoms with Gasteiger partial charge < -0.3 is 23.5 Å². The van der Waals surface area contributed by atoms with E-state index >= 15 is 0 Å². The van der Waals surface area contributed by atoms with Crippen LogP contribution in [0.3, 0.4) is 0 Å². The molecule has 0 saturated carbocycles. The minimum atomic E-state index is -0.949. The Hall–Kier alpha value is -4.02. The second kappa shape index (κ2) is 14.4. The lowest BCUT2D eigenvalue weighted by atomic mass is 10.0. The molecule has 11 heteroatoms. The number of methoxy groups -OCH3 is 2. The summed E-state index contributed by atoms with van der Waals surface area (Å²) in [6.45, 7) is 2.94. The van der Waals surface area contributed by atoms with E-state index in [1.807, 2.05) is 65.0 Å². The normalized spacial score (nSPS) is 11.2. The van der Waals surface area contributed by atoms with Crippen molar-refractivity contribution in [1.82, 2.24) is 9.47 Å². The Labute approximate surface area is 275 Å². The highest BCUT2D eigenvalue weighted by molar-refractivity contribution is 7.22. The van der Waals surface area contributed by atoms with Crippen LogP contribution in [0.5, 0.6) is 17.2 Å².